The minimum Gasteiger partial charge on any atom is -0.314 e. The standard InChI is InChI=1S/C14H20ClFN2/c1-2-3-14(18-8-6-17-7-9-18)12-5-4-11(16)10-13(12)15/h4-5,10,14,17H,2-3,6-9H2,1H3/t14-/m0/s1. The van der Waals surface area contributed by atoms with E-state index in [0.717, 1.165) is 44.6 Å². The molecule has 1 aliphatic rings. The highest BCUT2D eigenvalue weighted by Crippen LogP contribution is 2.31. The molecule has 4 heteroatoms. The first kappa shape index (κ1) is 13.8. The Kier molecular flexibility index (Phi) is 4.98. The Balaban J connectivity index is 2.22. The molecule has 0 amide bonds. The molecular formula is C14H20ClFN2. The molecule has 0 aliphatic carbocycles. The number of nitrogens with zero attached hydrogens (tertiary/aromatic N) is 1. The minimum absolute atomic E-state index is 0.265. The maximum atomic E-state index is 13.1. The van der Waals surface area contributed by atoms with E-state index >= 15 is 0 Å². The molecule has 0 unspecified atom stereocenters. The fourth-order valence-electron chi connectivity index (χ4n) is 2.57. The summed E-state index contributed by atoms with van der Waals surface area (Å²) in [7, 11) is 0. The first-order chi connectivity index (χ1) is 8.72. The molecule has 18 heavy (non-hydrogen) atoms. The van der Waals surface area contributed by atoms with Crippen molar-refractivity contribution in [1.29, 1.82) is 0 Å². The van der Waals surface area contributed by atoms with Crippen molar-refractivity contribution in [2.45, 2.75) is 25.8 Å². The molecule has 0 bridgehead atoms. The Morgan fingerprint density at radius 3 is 2.72 bits per heavy atom. The second-order valence-corrected chi connectivity index (χ2v) is 5.16. The molecule has 1 atom stereocenters. The number of nitrogens with one attached hydrogen (secondary N) is 1. The minimum atomic E-state index is -0.265. The average Bonchev–Trinajstić information content (AvgIpc) is 2.38. The predicted molar refractivity (Wildman–Crippen MR) is 73.5 cm³/mol. The summed E-state index contributed by atoms with van der Waals surface area (Å²) in [4.78, 5) is 2.44. The van der Waals surface area contributed by atoms with Crippen LogP contribution in [-0.4, -0.2) is 31.1 Å². The molecule has 0 aromatic heterocycles. The Morgan fingerprint density at radius 2 is 2.11 bits per heavy atom. The molecule has 1 aliphatic heterocycles. The Bertz CT molecular complexity index is 391. The molecule has 1 saturated heterocycles. The smallest absolute Gasteiger partial charge is 0.124 e. The SMILES string of the molecule is CCC[C@@H](c1ccc(F)cc1Cl)N1CCNCC1. The van der Waals surface area contributed by atoms with E-state index in [2.05, 4.69) is 17.1 Å². The molecule has 0 saturated carbocycles. The number of hydrogen-bond acceptors (Lipinski definition) is 2. The lowest BCUT2D eigenvalue weighted by molar-refractivity contribution is 0.164. The number of benzene rings is 1. The molecule has 2 nitrogen and oxygen atoms in total. The van der Waals surface area contributed by atoms with Gasteiger partial charge in [-0.15, -0.1) is 0 Å². The lowest BCUT2D eigenvalue weighted by Crippen LogP contribution is -2.45. The van der Waals surface area contributed by atoms with Crippen molar-refractivity contribution in [2.75, 3.05) is 26.2 Å². The highest BCUT2D eigenvalue weighted by molar-refractivity contribution is 6.31. The van der Waals surface area contributed by atoms with Crippen LogP contribution >= 0.6 is 11.6 Å². The number of hydrogen-bond donors (Lipinski definition) is 1. The van der Waals surface area contributed by atoms with Crippen LogP contribution < -0.4 is 5.32 Å². The highest BCUT2D eigenvalue weighted by atomic mass is 35.5. The van der Waals surface area contributed by atoms with Crippen molar-refractivity contribution in [3.63, 3.8) is 0 Å². The van der Waals surface area contributed by atoms with E-state index in [1.807, 2.05) is 6.07 Å². The maximum Gasteiger partial charge on any atom is 0.124 e. The molecule has 0 spiro atoms. The van der Waals surface area contributed by atoms with E-state index < -0.39 is 0 Å². The van der Waals surface area contributed by atoms with Gasteiger partial charge in [0.1, 0.15) is 5.82 Å². The first-order valence-corrected chi connectivity index (χ1v) is 7.00. The van der Waals surface area contributed by atoms with E-state index in [0.29, 0.717) is 11.1 Å². The first-order valence-electron chi connectivity index (χ1n) is 6.62. The van der Waals surface area contributed by atoms with Crippen LogP contribution in [0.5, 0.6) is 0 Å². The van der Waals surface area contributed by atoms with Gasteiger partial charge in [0, 0.05) is 37.2 Å². The van der Waals surface area contributed by atoms with E-state index in [1.165, 1.54) is 12.1 Å². The second kappa shape index (κ2) is 6.50. The van der Waals surface area contributed by atoms with Gasteiger partial charge in [-0.3, -0.25) is 4.90 Å². The van der Waals surface area contributed by atoms with Gasteiger partial charge in [-0.25, -0.2) is 4.39 Å². The van der Waals surface area contributed by atoms with Gasteiger partial charge in [-0.2, -0.15) is 0 Å². The fourth-order valence-corrected chi connectivity index (χ4v) is 2.87. The third kappa shape index (κ3) is 3.22. The molecular weight excluding hydrogens is 251 g/mol. The zero-order valence-corrected chi connectivity index (χ0v) is 11.5. The van der Waals surface area contributed by atoms with Crippen molar-refractivity contribution < 1.29 is 4.39 Å². The molecule has 2 rings (SSSR count). The number of piperazine rings is 1. The average molecular weight is 271 g/mol. The van der Waals surface area contributed by atoms with Crippen LogP contribution in [0.4, 0.5) is 4.39 Å². The summed E-state index contributed by atoms with van der Waals surface area (Å²) < 4.78 is 13.1. The largest absolute Gasteiger partial charge is 0.314 e. The van der Waals surface area contributed by atoms with Crippen LogP contribution in [0.15, 0.2) is 18.2 Å². The van der Waals surface area contributed by atoms with Crippen LogP contribution in [-0.2, 0) is 0 Å². The van der Waals surface area contributed by atoms with Crippen molar-refractivity contribution in [3.8, 4) is 0 Å². The normalized spacial score (nSPS) is 18.8. The van der Waals surface area contributed by atoms with Gasteiger partial charge in [0.15, 0.2) is 0 Å². The lowest BCUT2D eigenvalue weighted by Gasteiger charge is -2.35. The van der Waals surface area contributed by atoms with Crippen LogP contribution in [0.2, 0.25) is 5.02 Å². The monoisotopic (exact) mass is 270 g/mol. The van der Waals surface area contributed by atoms with Crippen LogP contribution in [0, 0.1) is 5.82 Å². The fraction of sp³-hybridized carbons (Fsp3) is 0.571. The van der Waals surface area contributed by atoms with Gasteiger partial charge >= 0.3 is 0 Å². The van der Waals surface area contributed by atoms with Gasteiger partial charge in [0.2, 0.25) is 0 Å². The summed E-state index contributed by atoms with van der Waals surface area (Å²) in [5.74, 6) is -0.265. The molecule has 1 heterocycles. The van der Waals surface area contributed by atoms with E-state index in [1.54, 1.807) is 0 Å². The number of halogens is 2. The van der Waals surface area contributed by atoms with Gasteiger partial charge < -0.3 is 5.32 Å². The lowest BCUT2D eigenvalue weighted by atomic mass is 9.99. The highest BCUT2D eigenvalue weighted by Gasteiger charge is 2.23. The quantitative estimate of drug-likeness (QED) is 0.904. The van der Waals surface area contributed by atoms with Crippen LogP contribution in [0.3, 0.4) is 0 Å². The van der Waals surface area contributed by atoms with Crippen LogP contribution in [0.25, 0.3) is 0 Å². The molecule has 1 aromatic carbocycles. The second-order valence-electron chi connectivity index (χ2n) is 4.76. The third-order valence-electron chi connectivity index (χ3n) is 3.48. The van der Waals surface area contributed by atoms with E-state index in [9.17, 15) is 4.39 Å². The Morgan fingerprint density at radius 1 is 1.39 bits per heavy atom. The zero-order valence-electron chi connectivity index (χ0n) is 10.8. The topological polar surface area (TPSA) is 15.3 Å². The van der Waals surface area contributed by atoms with Crippen molar-refractivity contribution in [2.24, 2.45) is 0 Å². The van der Waals surface area contributed by atoms with Crippen molar-refractivity contribution >= 4 is 11.6 Å². The summed E-state index contributed by atoms with van der Waals surface area (Å²) in [5, 5.41) is 3.90. The zero-order chi connectivity index (χ0) is 13.0. The number of rotatable bonds is 4. The molecule has 100 valence electrons. The van der Waals surface area contributed by atoms with E-state index in [-0.39, 0.29) is 5.82 Å². The van der Waals surface area contributed by atoms with Gasteiger partial charge in [0.25, 0.3) is 0 Å². The predicted octanol–water partition coefficient (Wildman–Crippen LogP) is 3.23. The molecule has 1 aromatic rings. The Labute approximate surface area is 113 Å². The van der Waals surface area contributed by atoms with Crippen molar-refractivity contribution in [1.82, 2.24) is 10.2 Å². The molecule has 1 N–H and O–H groups in total. The summed E-state index contributed by atoms with van der Waals surface area (Å²) in [6.07, 6.45) is 2.16. The van der Waals surface area contributed by atoms with Gasteiger partial charge in [0.05, 0.1) is 0 Å². The van der Waals surface area contributed by atoms with Crippen molar-refractivity contribution in [3.05, 3.63) is 34.6 Å². The van der Waals surface area contributed by atoms with Crippen LogP contribution in [0.1, 0.15) is 31.4 Å². The van der Waals surface area contributed by atoms with E-state index in [4.69, 9.17) is 11.6 Å². The summed E-state index contributed by atoms with van der Waals surface area (Å²) in [6, 6.07) is 5.07. The maximum absolute atomic E-state index is 13.1. The molecule has 0 radical (unpaired) electrons. The summed E-state index contributed by atoms with van der Waals surface area (Å²) in [5.41, 5.74) is 1.06. The summed E-state index contributed by atoms with van der Waals surface area (Å²) >= 11 is 6.20. The summed E-state index contributed by atoms with van der Waals surface area (Å²) in [6.45, 7) is 6.25. The molecule has 1 fully saturated rings. The van der Waals surface area contributed by atoms with Gasteiger partial charge in [-0.1, -0.05) is 31.0 Å². The van der Waals surface area contributed by atoms with Gasteiger partial charge in [-0.05, 0) is 24.1 Å². The third-order valence-corrected chi connectivity index (χ3v) is 3.80. The Hall–Kier alpha value is -0.640.